The summed E-state index contributed by atoms with van der Waals surface area (Å²) in [6.45, 7) is 4.03. The van der Waals surface area contributed by atoms with Gasteiger partial charge in [0, 0.05) is 19.0 Å². The second kappa shape index (κ2) is 11.5. The number of rotatable bonds is 9. The van der Waals surface area contributed by atoms with Gasteiger partial charge in [0.15, 0.2) is 0 Å². The Morgan fingerprint density at radius 3 is 2.41 bits per heavy atom. The molecule has 2 N–H and O–H groups in total. The number of carbonyl (C=O) groups excluding carboxylic acids is 2. The first-order valence-electron chi connectivity index (χ1n) is 11.9. The van der Waals surface area contributed by atoms with Crippen LogP contribution < -0.4 is 14.9 Å². The van der Waals surface area contributed by atoms with Gasteiger partial charge >= 0.3 is 0 Å². The molecule has 1 aliphatic rings. The molecule has 34 heavy (non-hydrogen) atoms. The highest BCUT2D eigenvalue weighted by atomic mass is 32.2. The van der Waals surface area contributed by atoms with Gasteiger partial charge in [0.05, 0.1) is 23.2 Å². The summed E-state index contributed by atoms with van der Waals surface area (Å²) in [4.78, 5) is 25.5. The molecular formula is C26H35N3O4S. The van der Waals surface area contributed by atoms with Crippen molar-refractivity contribution in [3.8, 4) is 0 Å². The largest absolute Gasteiger partial charge is 0.349 e. The summed E-state index contributed by atoms with van der Waals surface area (Å²) in [5.41, 5.74) is 3.44. The van der Waals surface area contributed by atoms with Crippen molar-refractivity contribution < 1.29 is 18.0 Å². The summed E-state index contributed by atoms with van der Waals surface area (Å²) in [6, 6.07) is 12.7. The van der Waals surface area contributed by atoms with Gasteiger partial charge in [-0.15, -0.1) is 0 Å². The lowest BCUT2D eigenvalue weighted by atomic mass is 9.95. The number of carbonyl (C=O) groups is 2. The molecule has 0 saturated heterocycles. The molecule has 1 saturated carbocycles. The van der Waals surface area contributed by atoms with Gasteiger partial charge in [0.1, 0.15) is 0 Å². The molecule has 7 nitrogen and oxygen atoms in total. The number of aryl methyl sites for hydroxylation is 1. The van der Waals surface area contributed by atoms with E-state index in [4.69, 9.17) is 0 Å². The van der Waals surface area contributed by atoms with Crippen LogP contribution in [-0.2, 0) is 14.8 Å². The predicted molar refractivity (Wildman–Crippen MR) is 137 cm³/mol. The zero-order valence-corrected chi connectivity index (χ0v) is 21.1. The zero-order valence-electron chi connectivity index (χ0n) is 20.3. The maximum Gasteiger partial charge on any atom is 0.253 e. The number of hydrogen-bond donors (Lipinski definition) is 2. The third-order valence-corrected chi connectivity index (χ3v) is 7.58. The average molecular weight is 486 g/mol. The molecule has 184 valence electrons. The predicted octanol–water partition coefficient (Wildman–Crippen LogP) is 4.55. The van der Waals surface area contributed by atoms with E-state index in [1.54, 1.807) is 30.3 Å². The fourth-order valence-electron chi connectivity index (χ4n) is 4.37. The van der Waals surface area contributed by atoms with Gasteiger partial charge in [-0.1, -0.05) is 43.5 Å². The maximum absolute atomic E-state index is 12.8. The summed E-state index contributed by atoms with van der Waals surface area (Å²) in [6.07, 6.45) is 7.08. The van der Waals surface area contributed by atoms with E-state index in [0.29, 0.717) is 23.4 Å². The molecule has 8 heteroatoms. The number of nitrogens with zero attached hydrogens (tertiary/aromatic N) is 1. The maximum atomic E-state index is 12.8. The van der Waals surface area contributed by atoms with Crippen LogP contribution in [0.1, 0.15) is 66.4 Å². The number of amides is 2. The van der Waals surface area contributed by atoms with E-state index in [0.717, 1.165) is 36.8 Å². The molecule has 0 aliphatic heterocycles. The average Bonchev–Trinajstić information content (AvgIpc) is 2.79. The third-order valence-electron chi connectivity index (χ3n) is 6.40. The van der Waals surface area contributed by atoms with Gasteiger partial charge in [-0.05, 0) is 62.4 Å². The van der Waals surface area contributed by atoms with Crippen molar-refractivity contribution in [3.63, 3.8) is 0 Å². The van der Waals surface area contributed by atoms with E-state index in [9.17, 15) is 18.0 Å². The van der Waals surface area contributed by atoms with Gasteiger partial charge in [-0.3, -0.25) is 13.9 Å². The molecule has 1 fully saturated rings. The number of para-hydroxylation sites is 1. The highest BCUT2D eigenvalue weighted by molar-refractivity contribution is 7.92. The zero-order chi connectivity index (χ0) is 24.7. The molecule has 0 bridgehead atoms. The molecule has 2 aromatic rings. The van der Waals surface area contributed by atoms with Crippen molar-refractivity contribution in [2.45, 2.75) is 64.8 Å². The Morgan fingerprint density at radius 2 is 1.71 bits per heavy atom. The second-order valence-corrected chi connectivity index (χ2v) is 11.0. The van der Waals surface area contributed by atoms with Crippen molar-refractivity contribution >= 4 is 33.2 Å². The Bertz CT molecular complexity index is 1120. The number of sulfonamides is 1. The van der Waals surface area contributed by atoms with Gasteiger partial charge in [0.25, 0.3) is 5.91 Å². The van der Waals surface area contributed by atoms with E-state index in [2.05, 4.69) is 10.6 Å². The first kappa shape index (κ1) is 25.7. The fourth-order valence-corrected chi connectivity index (χ4v) is 5.38. The van der Waals surface area contributed by atoms with Crippen LogP contribution in [0.5, 0.6) is 0 Å². The van der Waals surface area contributed by atoms with Crippen molar-refractivity contribution in [2.24, 2.45) is 0 Å². The standard InChI is InChI=1S/C26H35N3O4S/c1-19-11-9-16-24(20(19)2)29(34(3,32)33)18-10-17-25(30)28-23-15-8-7-14-22(23)26(31)27-21-12-5-4-6-13-21/h7-9,11,14-16,21H,4-6,10,12-13,17-18H2,1-3H3,(H,27,31)(H,28,30). The van der Waals surface area contributed by atoms with Crippen molar-refractivity contribution in [1.29, 1.82) is 0 Å². The van der Waals surface area contributed by atoms with E-state index in [-0.39, 0.29) is 30.8 Å². The van der Waals surface area contributed by atoms with Crippen LogP contribution in [0.2, 0.25) is 0 Å². The Labute approximate surface area is 203 Å². The number of benzene rings is 2. The highest BCUT2D eigenvalue weighted by Crippen LogP contribution is 2.25. The van der Waals surface area contributed by atoms with Crippen molar-refractivity contribution in [3.05, 3.63) is 59.2 Å². The van der Waals surface area contributed by atoms with Crippen molar-refractivity contribution in [1.82, 2.24) is 5.32 Å². The highest BCUT2D eigenvalue weighted by Gasteiger charge is 2.21. The molecular weight excluding hydrogens is 450 g/mol. The van der Waals surface area contributed by atoms with Gasteiger partial charge in [-0.2, -0.15) is 0 Å². The molecule has 0 aromatic heterocycles. The Hall–Kier alpha value is -2.87. The molecule has 2 amide bonds. The number of hydrogen-bond acceptors (Lipinski definition) is 4. The van der Waals surface area contributed by atoms with Crippen LogP contribution in [0.4, 0.5) is 11.4 Å². The summed E-state index contributed by atoms with van der Waals surface area (Å²) in [5.74, 6) is -0.437. The SMILES string of the molecule is Cc1cccc(N(CCCC(=O)Nc2ccccc2C(=O)NC2CCCCC2)S(C)(=O)=O)c1C. The second-order valence-electron chi connectivity index (χ2n) is 9.06. The lowest BCUT2D eigenvalue weighted by Gasteiger charge is -2.25. The summed E-state index contributed by atoms with van der Waals surface area (Å²) >= 11 is 0. The monoisotopic (exact) mass is 485 g/mol. The summed E-state index contributed by atoms with van der Waals surface area (Å²) in [7, 11) is -3.50. The molecule has 0 spiro atoms. The normalized spacial score (nSPS) is 14.4. The third kappa shape index (κ3) is 6.82. The van der Waals surface area contributed by atoms with Crippen LogP contribution in [0, 0.1) is 13.8 Å². The molecule has 3 rings (SSSR count). The minimum atomic E-state index is -3.50. The lowest BCUT2D eigenvalue weighted by Crippen LogP contribution is -2.36. The van der Waals surface area contributed by atoms with Gasteiger partial charge in [0.2, 0.25) is 15.9 Å². The number of nitrogens with one attached hydrogen (secondary N) is 2. The molecule has 1 aliphatic carbocycles. The fraction of sp³-hybridized carbons (Fsp3) is 0.462. The van der Waals surface area contributed by atoms with Crippen molar-refractivity contribution in [2.75, 3.05) is 22.4 Å². The smallest absolute Gasteiger partial charge is 0.253 e. The molecule has 2 aromatic carbocycles. The van der Waals surface area contributed by atoms with E-state index in [1.807, 2.05) is 26.0 Å². The molecule has 0 heterocycles. The van der Waals surface area contributed by atoms with Crippen LogP contribution in [0.25, 0.3) is 0 Å². The topological polar surface area (TPSA) is 95.6 Å². The minimum absolute atomic E-state index is 0.134. The number of anilines is 2. The first-order chi connectivity index (χ1) is 16.2. The Kier molecular flexibility index (Phi) is 8.72. The van der Waals surface area contributed by atoms with Crippen LogP contribution >= 0.6 is 0 Å². The van der Waals surface area contributed by atoms with E-state index >= 15 is 0 Å². The lowest BCUT2D eigenvalue weighted by molar-refractivity contribution is -0.116. The van der Waals surface area contributed by atoms with E-state index < -0.39 is 10.0 Å². The molecule has 0 radical (unpaired) electrons. The first-order valence-corrected chi connectivity index (χ1v) is 13.8. The molecule has 0 unspecified atom stereocenters. The summed E-state index contributed by atoms with van der Waals surface area (Å²) in [5, 5.41) is 5.92. The molecule has 0 atom stereocenters. The van der Waals surface area contributed by atoms with Gasteiger partial charge < -0.3 is 10.6 Å². The van der Waals surface area contributed by atoms with E-state index in [1.165, 1.54) is 17.0 Å². The van der Waals surface area contributed by atoms with Crippen LogP contribution in [0.15, 0.2) is 42.5 Å². The Balaban J connectivity index is 1.61. The Morgan fingerprint density at radius 1 is 1.00 bits per heavy atom. The quantitative estimate of drug-likeness (QED) is 0.545. The summed E-state index contributed by atoms with van der Waals surface area (Å²) < 4.78 is 26.2. The van der Waals surface area contributed by atoms with Crippen LogP contribution in [-0.4, -0.2) is 39.1 Å². The minimum Gasteiger partial charge on any atom is -0.349 e. The van der Waals surface area contributed by atoms with Gasteiger partial charge in [-0.25, -0.2) is 8.42 Å². The van der Waals surface area contributed by atoms with Crippen LogP contribution in [0.3, 0.4) is 0 Å².